The van der Waals surface area contributed by atoms with Gasteiger partial charge >= 0.3 is 0 Å². The minimum absolute atomic E-state index is 0.441. The maximum atomic E-state index is 11.4. The van der Waals surface area contributed by atoms with Crippen LogP contribution in [0.5, 0.6) is 0 Å². The van der Waals surface area contributed by atoms with Crippen molar-refractivity contribution < 1.29 is 10.0 Å². The first kappa shape index (κ1) is 16.1. The number of nitrogens with zero attached hydrogens (tertiary/aromatic N) is 2. The number of nitrogens with two attached hydrogens (primary N) is 1. The summed E-state index contributed by atoms with van der Waals surface area (Å²) in [5.74, 6) is -0.441. The lowest BCUT2D eigenvalue weighted by Crippen LogP contribution is -2.14. The Balaban J connectivity index is 1.94. The average Bonchev–Trinajstić information content (AvgIpc) is 3.08. The van der Waals surface area contributed by atoms with Crippen LogP contribution in [0.2, 0.25) is 0 Å². The van der Waals surface area contributed by atoms with Crippen LogP contribution in [0.1, 0.15) is 34.5 Å². The summed E-state index contributed by atoms with van der Waals surface area (Å²) in [6.07, 6.45) is 2.60. The van der Waals surface area contributed by atoms with E-state index in [-0.39, 0.29) is 0 Å². The summed E-state index contributed by atoms with van der Waals surface area (Å²) >= 11 is 0. The predicted molar refractivity (Wildman–Crippen MR) is 101 cm³/mol. The summed E-state index contributed by atoms with van der Waals surface area (Å²) in [6, 6.07) is 19.5. The van der Waals surface area contributed by atoms with Gasteiger partial charge in [0.25, 0.3) is 0 Å². The van der Waals surface area contributed by atoms with Gasteiger partial charge in [-0.05, 0) is 55.2 Å². The number of hydrogen-bond donors (Lipinski definition) is 2. The normalized spacial score (nSPS) is 15.0. The van der Waals surface area contributed by atoms with Crippen LogP contribution in [0, 0.1) is 0 Å². The molecular weight excluding hydrogens is 326 g/mol. The van der Waals surface area contributed by atoms with Gasteiger partial charge in [-0.2, -0.15) is 0 Å². The molecule has 0 radical (unpaired) electrons. The Morgan fingerprint density at radius 1 is 1.04 bits per heavy atom. The molecule has 0 bridgehead atoms. The number of fused-ring (bicyclic) bond motifs is 1. The number of amides is 1. The number of hydrogen-bond acceptors (Lipinski definition) is 3. The monoisotopic (exact) mass is 345 g/mol. The maximum Gasteiger partial charge on any atom is 0.248 e. The molecule has 0 unspecified atom stereocenters. The standard InChI is InChI=1S/C21H19N3O2/c22-21(25)15-9-11-16(12-10-15)24-19-8-4-7-18(23-26)17(19)13-20(24)14-5-2-1-3-6-14/h1-3,5-6,9-13,26H,4,7-8H2,(H2,22,25)/b23-18-. The lowest BCUT2D eigenvalue weighted by atomic mass is 9.95. The smallest absolute Gasteiger partial charge is 0.248 e. The lowest BCUT2D eigenvalue weighted by molar-refractivity contribution is 0.100. The highest BCUT2D eigenvalue weighted by Crippen LogP contribution is 2.34. The fraction of sp³-hybridized carbons (Fsp3) is 0.143. The van der Waals surface area contributed by atoms with E-state index in [1.54, 1.807) is 12.1 Å². The topological polar surface area (TPSA) is 80.6 Å². The van der Waals surface area contributed by atoms with Crippen LogP contribution in [-0.2, 0) is 6.42 Å². The van der Waals surface area contributed by atoms with Gasteiger partial charge in [0.15, 0.2) is 0 Å². The van der Waals surface area contributed by atoms with Crippen LogP contribution in [0.4, 0.5) is 0 Å². The van der Waals surface area contributed by atoms with E-state index < -0.39 is 5.91 Å². The lowest BCUT2D eigenvalue weighted by Gasteiger charge is -2.18. The number of benzene rings is 2. The second kappa shape index (κ2) is 6.52. The molecule has 0 atom stereocenters. The van der Waals surface area contributed by atoms with Crippen molar-refractivity contribution >= 4 is 11.6 Å². The fourth-order valence-electron chi connectivity index (χ4n) is 3.60. The number of primary amides is 1. The summed E-state index contributed by atoms with van der Waals surface area (Å²) in [7, 11) is 0. The van der Waals surface area contributed by atoms with E-state index in [0.29, 0.717) is 5.56 Å². The van der Waals surface area contributed by atoms with Crippen molar-refractivity contribution in [2.24, 2.45) is 10.9 Å². The molecule has 1 aliphatic rings. The van der Waals surface area contributed by atoms with Crippen molar-refractivity contribution in [2.75, 3.05) is 0 Å². The van der Waals surface area contributed by atoms with Crippen molar-refractivity contribution in [3.63, 3.8) is 0 Å². The first-order valence-electron chi connectivity index (χ1n) is 8.60. The molecule has 2 aromatic carbocycles. The molecule has 1 aromatic heterocycles. The SMILES string of the molecule is NC(=O)c1ccc(-n2c(-c3ccccc3)cc3c2CCC/C3=N/O)cc1. The van der Waals surface area contributed by atoms with Crippen LogP contribution in [-0.4, -0.2) is 21.4 Å². The number of rotatable bonds is 3. The molecule has 0 spiro atoms. The maximum absolute atomic E-state index is 11.4. The van der Waals surface area contributed by atoms with Crippen LogP contribution in [0.3, 0.4) is 0 Å². The van der Waals surface area contributed by atoms with Crippen molar-refractivity contribution in [2.45, 2.75) is 19.3 Å². The zero-order chi connectivity index (χ0) is 18.1. The summed E-state index contributed by atoms with van der Waals surface area (Å²) in [5, 5.41) is 12.9. The van der Waals surface area contributed by atoms with Crippen molar-refractivity contribution in [1.82, 2.24) is 4.57 Å². The van der Waals surface area contributed by atoms with Gasteiger partial charge in [-0.15, -0.1) is 0 Å². The summed E-state index contributed by atoms with van der Waals surface area (Å²) in [5.41, 5.74) is 11.7. The first-order chi connectivity index (χ1) is 12.7. The number of carbonyl (C=O) groups excluding carboxylic acids is 1. The zero-order valence-electron chi connectivity index (χ0n) is 14.2. The highest BCUT2D eigenvalue weighted by atomic mass is 16.4. The van der Waals surface area contributed by atoms with Gasteiger partial charge < -0.3 is 15.5 Å². The molecule has 3 N–H and O–H groups in total. The minimum Gasteiger partial charge on any atom is -0.411 e. The van der Waals surface area contributed by atoms with Crippen molar-refractivity contribution in [3.8, 4) is 16.9 Å². The number of aromatic nitrogens is 1. The van der Waals surface area contributed by atoms with Crippen molar-refractivity contribution in [3.05, 3.63) is 77.5 Å². The van der Waals surface area contributed by atoms with Gasteiger partial charge in [0, 0.05) is 22.5 Å². The third-order valence-corrected chi connectivity index (χ3v) is 4.84. The van der Waals surface area contributed by atoms with Crippen LogP contribution in [0.25, 0.3) is 16.9 Å². The molecule has 26 heavy (non-hydrogen) atoms. The van der Waals surface area contributed by atoms with E-state index >= 15 is 0 Å². The fourth-order valence-corrected chi connectivity index (χ4v) is 3.60. The molecule has 3 aromatic rings. The van der Waals surface area contributed by atoms with Gasteiger partial charge in [0.05, 0.1) is 11.4 Å². The molecule has 0 fully saturated rings. The first-order valence-corrected chi connectivity index (χ1v) is 8.60. The van der Waals surface area contributed by atoms with E-state index in [1.165, 1.54) is 0 Å². The molecule has 0 aliphatic heterocycles. The molecule has 0 saturated heterocycles. The molecule has 4 rings (SSSR count). The molecule has 1 heterocycles. The molecule has 1 amide bonds. The van der Waals surface area contributed by atoms with Gasteiger partial charge in [-0.1, -0.05) is 35.5 Å². The largest absolute Gasteiger partial charge is 0.411 e. The van der Waals surface area contributed by atoms with Crippen LogP contribution in [0.15, 0.2) is 65.8 Å². The quantitative estimate of drug-likeness (QED) is 0.560. The van der Waals surface area contributed by atoms with Gasteiger partial charge in [0.2, 0.25) is 5.91 Å². The Hall–Kier alpha value is -3.34. The third-order valence-electron chi connectivity index (χ3n) is 4.84. The van der Waals surface area contributed by atoms with Crippen LogP contribution >= 0.6 is 0 Å². The number of carbonyl (C=O) groups is 1. The average molecular weight is 345 g/mol. The molecule has 1 aliphatic carbocycles. The Bertz CT molecular complexity index is 986. The molecule has 5 nitrogen and oxygen atoms in total. The second-order valence-electron chi connectivity index (χ2n) is 6.40. The second-order valence-corrected chi connectivity index (χ2v) is 6.40. The highest BCUT2D eigenvalue weighted by molar-refractivity contribution is 6.03. The van der Waals surface area contributed by atoms with E-state index in [2.05, 4.69) is 27.9 Å². The zero-order valence-corrected chi connectivity index (χ0v) is 14.2. The van der Waals surface area contributed by atoms with E-state index in [9.17, 15) is 10.0 Å². The Morgan fingerprint density at radius 3 is 2.42 bits per heavy atom. The highest BCUT2D eigenvalue weighted by Gasteiger charge is 2.24. The summed E-state index contributed by atoms with van der Waals surface area (Å²) < 4.78 is 2.18. The van der Waals surface area contributed by atoms with E-state index in [1.807, 2.05) is 30.3 Å². The van der Waals surface area contributed by atoms with Gasteiger partial charge in [0.1, 0.15) is 0 Å². The molecule has 130 valence electrons. The Morgan fingerprint density at radius 2 is 1.77 bits per heavy atom. The van der Waals surface area contributed by atoms with Gasteiger partial charge in [-0.25, -0.2) is 0 Å². The molecule has 5 heteroatoms. The van der Waals surface area contributed by atoms with Gasteiger partial charge in [-0.3, -0.25) is 4.79 Å². The third kappa shape index (κ3) is 2.67. The molecule has 0 saturated carbocycles. The summed E-state index contributed by atoms with van der Waals surface area (Å²) in [4.78, 5) is 11.4. The predicted octanol–water partition coefficient (Wildman–Crippen LogP) is 3.76. The summed E-state index contributed by atoms with van der Waals surface area (Å²) in [6.45, 7) is 0. The molecular formula is C21H19N3O2. The Labute approximate surface area is 151 Å². The van der Waals surface area contributed by atoms with E-state index in [4.69, 9.17) is 5.73 Å². The minimum atomic E-state index is -0.441. The van der Waals surface area contributed by atoms with E-state index in [0.717, 1.165) is 53.2 Å². The van der Waals surface area contributed by atoms with Crippen LogP contribution < -0.4 is 5.73 Å². The Kier molecular flexibility index (Phi) is 4.05. The van der Waals surface area contributed by atoms with Crippen molar-refractivity contribution in [1.29, 1.82) is 0 Å². The number of oxime groups is 1.